The number of hydrogen-bond acceptors (Lipinski definition) is 4. The van der Waals surface area contributed by atoms with Crippen molar-refractivity contribution in [3.63, 3.8) is 0 Å². The van der Waals surface area contributed by atoms with E-state index in [-0.39, 0.29) is 12.5 Å². The number of aliphatic hydroxyl groups excluding tert-OH is 1. The van der Waals surface area contributed by atoms with Gasteiger partial charge < -0.3 is 9.52 Å². The number of hydrogen-bond donors (Lipinski definition) is 1. The zero-order valence-corrected chi connectivity index (χ0v) is 9.30. The van der Waals surface area contributed by atoms with Gasteiger partial charge in [-0.1, -0.05) is 0 Å². The SMILES string of the molecule is OCc1nnc(-c2ccc(I)cc2)o1. The molecule has 2 aromatic rings. The van der Waals surface area contributed by atoms with Crippen LogP contribution in [0.15, 0.2) is 28.7 Å². The molecule has 0 atom stereocenters. The summed E-state index contributed by atoms with van der Waals surface area (Å²) in [6.45, 7) is -0.225. The maximum atomic E-state index is 8.74. The van der Waals surface area contributed by atoms with Crippen molar-refractivity contribution in [2.75, 3.05) is 0 Å². The minimum atomic E-state index is -0.225. The van der Waals surface area contributed by atoms with Crippen molar-refractivity contribution in [1.29, 1.82) is 0 Å². The van der Waals surface area contributed by atoms with Gasteiger partial charge in [0.1, 0.15) is 6.61 Å². The van der Waals surface area contributed by atoms with Crippen LogP contribution >= 0.6 is 22.6 Å². The average Bonchev–Trinajstić information content (AvgIpc) is 2.67. The third-order valence-corrected chi connectivity index (χ3v) is 2.41. The predicted molar refractivity (Wildman–Crippen MR) is 58.4 cm³/mol. The second kappa shape index (κ2) is 4.05. The van der Waals surface area contributed by atoms with Gasteiger partial charge in [0, 0.05) is 9.13 Å². The molecule has 4 nitrogen and oxygen atoms in total. The van der Waals surface area contributed by atoms with Crippen LogP contribution in [0.2, 0.25) is 0 Å². The molecule has 0 aliphatic rings. The molecule has 0 aliphatic heterocycles. The Morgan fingerprint density at radius 3 is 2.50 bits per heavy atom. The second-order valence-corrected chi connectivity index (χ2v) is 3.91. The molecule has 0 radical (unpaired) electrons. The number of aliphatic hydroxyl groups is 1. The maximum Gasteiger partial charge on any atom is 0.247 e. The van der Waals surface area contributed by atoms with Crippen molar-refractivity contribution in [2.24, 2.45) is 0 Å². The van der Waals surface area contributed by atoms with Gasteiger partial charge >= 0.3 is 0 Å². The maximum absolute atomic E-state index is 8.74. The van der Waals surface area contributed by atoms with Crippen molar-refractivity contribution >= 4 is 22.6 Å². The Kier molecular flexibility index (Phi) is 2.78. The van der Waals surface area contributed by atoms with Crippen LogP contribution in [0, 0.1) is 3.57 Å². The van der Waals surface area contributed by atoms with E-state index in [4.69, 9.17) is 9.52 Å². The number of rotatable bonds is 2. The quantitative estimate of drug-likeness (QED) is 0.860. The van der Waals surface area contributed by atoms with E-state index in [9.17, 15) is 0 Å². The molecule has 1 aromatic carbocycles. The Bertz CT molecular complexity index is 425. The summed E-state index contributed by atoms with van der Waals surface area (Å²) in [5.41, 5.74) is 0.859. The standard InChI is InChI=1S/C9H7IN2O2/c10-7-3-1-6(2-4-7)9-12-11-8(5-13)14-9/h1-4,13H,5H2. The van der Waals surface area contributed by atoms with Crippen LogP contribution in [0.25, 0.3) is 11.5 Å². The van der Waals surface area contributed by atoms with Crippen LogP contribution < -0.4 is 0 Å². The third-order valence-electron chi connectivity index (χ3n) is 1.69. The molecule has 1 heterocycles. The van der Waals surface area contributed by atoms with E-state index < -0.39 is 0 Å². The van der Waals surface area contributed by atoms with Gasteiger partial charge in [-0.15, -0.1) is 10.2 Å². The topological polar surface area (TPSA) is 59.2 Å². The van der Waals surface area contributed by atoms with E-state index in [0.717, 1.165) is 9.13 Å². The Morgan fingerprint density at radius 2 is 1.93 bits per heavy atom. The molecule has 0 fully saturated rings. The molecule has 0 spiro atoms. The molecular weight excluding hydrogens is 295 g/mol. The molecule has 0 saturated heterocycles. The molecule has 14 heavy (non-hydrogen) atoms. The first-order chi connectivity index (χ1) is 6.79. The van der Waals surface area contributed by atoms with Crippen LogP contribution in [-0.2, 0) is 6.61 Å². The minimum Gasteiger partial charge on any atom is -0.418 e. The highest BCUT2D eigenvalue weighted by atomic mass is 127. The lowest BCUT2D eigenvalue weighted by Crippen LogP contribution is -1.79. The van der Waals surface area contributed by atoms with Crippen molar-refractivity contribution in [3.05, 3.63) is 33.7 Å². The van der Waals surface area contributed by atoms with Crippen LogP contribution in [0.5, 0.6) is 0 Å². The molecule has 1 aromatic heterocycles. The molecule has 0 aliphatic carbocycles. The van der Waals surface area contributed by atoms with Crippen LogP contribution in [0.4, 0.5) is 0 Å². The summed E-state index contributed by atoms with van der Waals surface area (Å²) in [5.74, 6) is 0.670. The first-order valence-corrected chi connectivity index (χ1v) is 5.06. The lowest BCUT2D eigenvalue weighted by atomic mass is 10.2. The van der Waals surface area contributed by atoms with Crippen LogP contribution in [0.3, 0.4) is 0 Å². The molecule has 0 amide bonds. The van der Waals surface area contributed by atoms with E-state index in [0.29, 0.717) is 5.89 Å². The Morgan fingerprint density at radius 1 is 1.21 bits per heavy atom. The number of aromatic nitrogens is 2. The summed E-state index contributed by atoms with van der Waals surface area (Å²) in [6.07, 6.45) is 0. The largest absolute Gasteiger partial charge is 0.418 e. The zero-order chi connectivity index (χ0) is 9.97. The van der Waals surface area contributed by atoms with E-state index in [1.54, 1.807) is 0 Å². The molecule has 0 saturated carbocycles. The molecule has 0 unspecified atom stereocenters. The van der Waals surface area contributed by atoms with E-state index in [1.807, 2.05) is 24.3 Å². The fourth-order valence-electron chi connectivity index (χ4n) is 1.03. The number of halogens is 1. The van der Waals surface area contributed by atoms with Crippen molar-refractivity contribution in [1.82, 2.24) is 10.2 Å². The summed E-state index contributed by atoms with van der Waals surface area (Å²) in [4.78, 5) is 0. The predicted octanol–water partition coefficient (Wildman–Crippen LogP) is 1.83. The highest BCUT2D eigenvalue weighted by Crippen LogP contribution is 2.18. The van der Waals surface area contributed by atoms with Gasteiger partial charge in [-0.05, 0) is 46.9 Å². The summed E-state index contributed by atoms with van der Waals surface area (Å²) in [6, 6.07) is 7.71. The fourth-order valence-corrected chi connectivity index (χ4v) is 1.39. The highest BCUT2D eigenvalue weighted by Gasteiger charge is 2.06. The van der Waals surface area contributed by atoms with Crippen LogP contribution in [0.1, 0.15) is 5.89 Å². The normalized spacial score (nSPS) is 10.4. The zero-order valence-electron chi connectivity index (χ0n) is 7.14. The van der Waals surface area contributed by atoms with Crippen LogP contribution in [-0.4, -0.2) is 15.3 Å². The molecule has 1 N–H and O–H groups in total. The third kappa shape index (κ3) is 1.93. The summed E-state index contributed by atoms with van der Waals surface area (Å²) < 4.78 is 6.33. The molecule has 5 heteroatoms. The molecule has 2 rings (SSSR count). The van der Waals surface area contributed by atoms with Gasteiger partial charge in [0.15, 0.2) is 0 Å². The second-order valence-electron chi connectivity index (χ2n) is 2.67. The summed E-state index contributed by atoms with van der Waals surface area (Å²) in [7, 11) is 0. The number of nitrogens with zero attached hydrogens (tertiary/aromatic N) is 2. The lowest BCUT2D eigenvalue weighted by molar-refractivity contribution is 0.241. The smallest absolute Gasteiger partial charge is 0.247 e. The molecular formula is C9H7IN2O2. The number of benzene rings is 1. The van der Waals surface area contributed by atoms with Crippen molar-refractivity contribution in [2.45, 2.75) is 6.61 Å². The van der Waals surface area contributed by atoms with E-state index >= 15 is 0 Å². The van der Waals surface area contributed by atoms with Crippen molar-refractivity contribution in [3.8, 4) is 11.5 Å². The van der Waals surface area contributed by atoms with Gasteiger partial charge in [-0.2, -0.15) is 0 Å². The molecule has 0 bridgehead atoms. The molecule has 72 valence electrons. The first-order valence-electron chi connectivity index (χ1n) is 3.99. The van der Waals surface area contributed by atoms with Gasteiger partial charge in [0.2, 0.25) is 11.8 Å². The lowest BCUT2D eigenvalue weighted by Gasteiger charge is -1.93. The van der Waals surface area contributed by atoms with Gasteiger partial charge in [0.05, 0.1) is 0 Å². The fraction of sp³-hybridized carbons (Fsp3) is 0.111. The van der Waals surface area contributed by atoms with E-state index in [1.165, 1.54) is 0 Å². The van der Waals surface area contributed by atoms with Gasteiger partial charge in [-0.25, -0.2) is 0 Å². The van der Waals surface area contributed by atoms with Gasteiger partial charge in [-0.3, -0.25) is 0 Å². The Labute approximate surface area is 94.1 Å². The van der Waals surface area contributed by atoms with Gasteiger partial charge in [0.25, 0.3) is 0 Å². The van der Waals surface area contributed by atoms with Crippen molar-refractivity contribution < 1.29 is 9.52 Å². The Hall–Kier alpha value is -0.950. The highest BCUT2D eigenvalue weighted by molar-refractivity contribution is 14.1. The summed E-state index contributed by atoms with van der Waals surface area (Å²) in [5, 5.41) is 16.2. The average molecular weight is 302 g/mol. The minimum absolute atomic E-state index is 0.225. The first kappa shape index (κ1) is 9.60. The van der Waals surface area contributed by atoms with E-state index in [2.05, 4.69) is 32.8 Å². The Balaban J connectivity index is 2.34. The summed E-state index contributed by atoms with van der Waals surface area (Å²) >= 11 is 2.22. The monoisotopic (exact) mass is 302 g/mol.